The van der Waals surface area contributed by atoms with E-state index in [9.17, 15) is 22.8 Å². The van der Waals surface area contributed by atoms with Gasteiger partial charge in [-0.3, -0.25) is 9.69 Å². The number of esters is 1. The van der Waals surface area contributed by atoms with E-state index in [2.05, 4.69) is 15.5 Å². The maximum atomic E-state index is 13.2. The van der Waals surface area contributed by atoms with E-state index in [4.69, 9.17) is 4.74 Å². The highest BCUT2D eigenvalue weighted by molar-refractivity contribution is 6.08. The Labute approximate surface area is 261 Å². The first kappa shape index (κ1) is 31.8. The van der Waals surface area contributed by atoms with Crippen LogP contribution in [0.4, 0.5) is 24.5 Å². The van der Waals surface area contributed by atoms with Gasteiger partial charge in [0.1, 0.15) is 6.04 Å². The third-order valence-corrected chi connectivity index (χ3v) is 7.89. The summed E-state index contributed by atoms with van der Waals surface area (Å²) in [6, 6.07) is 28.6. The monoisotopic (exact) mass is 615 g/mol. The fourth-order valence-electron chi connectivity index (χ4n) is 5.57. The summed E-state index contributed by atoms with van der Waals surface area (Å²) in [7, 11) is 0. The van der Waals surface area contributed by atoms with Crippen LogP contribution in [0, 0.1) is 0 Å². The number of hydrogen-bond donors (Lipinski definition) is 2. The molecule has 1 fully saturated rings. The number of ether oxygens (including phenoxy) is 1. The van der Waals surface area contributed by atoms with Crippen molar-refractivity contribution in [3.05, 3.63) is 120 Å². The molecule has 1 amide bonds. The van der Waals surface area contributed by atoms with Crippen LogP contribution in [0.5, 0.6) is 0 Å². The molecule has 6 nitrogen and oxygen atoms in total. The summed E-state index contributed by atoms with van der Waals surface area (Å²) < 4.78 is 44.6. The smallest absolute Gasteiger partial charge is 0.416 e. The number of nitrogens with one attached hydrogen (secondary N) is 2. The third-order valence-electron chi connectivity index (χ3n) is 7.89. The number of rotatable bonds is 10. The van der Waals surface area contributed by atoms with Gasteiger partial charge in [-0.05, 0) is 78.4 Å². The van der Waals surface area contributed by atoms with Crippen LogP contribution in [0.2, 0.25) is 0 Å². The lowest BCUT2D eigenvalue weighted by atomic mass is 9.98. The van der Waals surface area contributed by atoms with Gasteiger partial charge in [-0.25, -0.2) is 4.79 Å². The van der Waals surface area contributed by atoms with Gasteiger partial charge in [-0.2, -0.15) is 13.2 Å². The molecular weight excluding hydrogens is 579 g/mol. The van der Waals surface area contributed by atoms with Crippen LogP contribution in [-0.2, 0) is 15.7 Å². The van der Waals surface area contributed by atoms with Gasteiger partial charge >= 0.3 is 12.1 Å². The van der Waals surface area contributed by atoms with Crippen molar-refractivity contribution in [3.63, 3.8) is 0 Å². The molecule has 1 aliphatic rings. The highest BCUT2D eigenvalue weighted by Gasteiger charge is 2.32. The summed E-state index contributed by atoms with van der Waals surface area (Å²) in [6.07, 6.45) is -1.95. The molecule has 4 aromatic carbocycles. The molecule has 0 aliphatic carbocycles. The number of nitrogens with zero attached hydrogens (tertiary/aromatic N) is 1. The maximum absolute atomic E-state index is 13.2. The first-order valence-corrected chi connectivity index (χ1v) is 15.1. The number of alkyl halides is 3. The van der Waals surface area contributed by atoms with Gasteiger partial charge in [0, 0.05) is 36.1 Å². The van der Waals surface area contributed by atoms with E-state index in [1.165, 1.54) is 12.1 Å². The molecule has 0 radical (unpaired) electrons. The average Bonchev–Trinajstić information content (AvgIpc) is 3.06. The van der Waals surface area contributed by atoms with Gasteiger partial charge < -0.3 is 15.4 Å². The molecule has 4 aromatic rings. The van der Waals surface area contributed by atoms with Crippen molar-refractivity contribution < 1.29 is 27.5 Å². The van der Waals surface area contributed by atoms with Crippen LogP contribution in [0.15, 0.2) is 103 Å². The number of carbonyl (C=O) groups is 2. The van der Waals surface area contributed by atoms with E-state index < -0.39 is 17.8 Å². The van der Waals surface area contributed by atoms with Crippen LogP contribution < -0.4 is 10.6 Å². The lowest BCUT2D eigenvalue weighted by molar-refractivity contribution is -0.151. The first-order chi connectivity index (χ1) is 21.7. The molecule has 1 saturated heterocycles. The second kappa shape index (κ2) is 14.4. The zero-order chi connectivity index (χ0) is 31.8. The summed E-state index contributed by atoms with van der Waals surface area (Å²) in [5, 5.41) is 6.46. The molecular formula is C36H36F3N3O3. The van der Waals surface area contributed by atoms with Crippen LogP contribution in [0.3, 0.4) is 0 Å². The zero-order valence-corrected chi connectivity index (χ0v) is 25.0. The molecule has 0 bridgehead atoms. The van der Waals surface area contributed by atoms with Crippen LogP contribution in [0.25, 0.3) is 11.1 Å². The summed E-state index contributed by atoms with van der Waals surface area (Å²) >= 11 is 0. The molecule has 0 aromatic heterocycles. The summed E-state index contributed by atoms with van der Waals surface area (Å²) in [4.78, 5) is 28.3. The average molecular weight is 616 g/mol. The Balaban J connectivity index is 1.18. The van der Waals surface area contributed by atoms with Crippen molar-refractivity contribution in [3.8, 4) is 11.1 Å². The molecule has 1 heterocycles. The highest BCUT2D eigenvalue weighted by atomic mass is 19.4. The Morgan fingerprint density at radius 3 is 2.11 bits per heavy atom. The molecule has 0 spiro atoms. The normalized spacial score (nSPS) is 14.8. The Hall–Kier alpha value is -4.63. The van der Waals surface area contributed by atoms with Crippen molar-refractivity contribution in [2.45, 2.75) is 44.4 Å². The Morgan fingerprint density at radius 1 is 0.844 bits per heavy atom. The lowest BCUT2D eigenvalue weighted by Gasteiger charge is -2.37. The predicted octanol–water partition coefficient (Wildman–Crippen LogP) is 8.20. The number of anilines is 2. The number of halogens is 3. The zero-order valence-electron chi connectivity index (χ0n) is 25.0. The minimum absolute atomic E-state index is 0.214. The van der Waals surface area contributed by atoms with Crippen molar-refractivity contribution in [2.75, 3.05) is 30.3 Å². The number of likely N-dealkylation sites (tertiary alicyclic amines) is 1. The van der Waals surface area contributed by atoms with Crippen LogP contribution in [0.1, 0.15) is 53.7 Å². The van der Waals surface area contributed by atoms with Crippen LogP contribution in [-0.4, -0.2) is 42.5 Å². The molecule has 9 heteroatoms. The highest BCUT2D eigenvalue weighted by Crippen LogP contribution is 2.32. The summed E-state index contributed by atoms with van der Waals surface area (Å²) in [5.74, 6) is -0.571. The fourth-order valence-corrected chi connectivity index (χ4v) is 5.57. The maximum Gasteiger partial charge on any atom is 0.416 e. The molecule has 0 saturated carbocycles. The van der Waals surface area contributed by atoms with Crippen LogP contribution >= 0.6 is 0 Å². The molecule has 2 N–H and O–H groups in total. The second-order valence-corrected chi connectivity index (χ2v) is 11.1. The number of piperidine rings is 1. The van der Waals surface area contributed by atoms with Gasteiger partial charge in [0.05, 0.1) is 12.2 Å². The number of benzene rings is 4. The van der Waals surface area contributed by atoms with Gasteiger partial charge in [-0.15, -0.1) is 0 Å². The SMILES string of the molecule is CCCOC(=O)C(c1ccccc1)N1CCC(Nc2ccc(NC(=O)c3ccccc3-c3ccc(C(F)(F)F)cc3)cc2)CC1. The van der Waals surface area contributed by atoms with E-state index in [0.29, 0.717) is 29.0 Å². The molecule has 234 valence electrons. The lowest BCUT2D eigenvalue weighted by Crippen LogP contribution is -2.44. The Kier molecular flexibility index (Phi) is 10.2. The number of carbonyl (C=O) groups excluding carboxylic acids is 2. The molecule has 1 atom stereocenters. The van der Waals surface area contributed by atoms with Gasteiger partial charge in [0.2, 0.25) is 0 Å². The first-order valence-electron chi connectivity index (χ1n) is 15.1. The quantitative estimate of drug-likeness (QED) is 0.176. The minimum Gasteiger partial charge on any atom is -0.464 e. The Bertz CT molecular complexity index is 1570. The topological polar surface area (TPSA) is 70.7 Å². The third kappa shape index (κ3) is 8.10. The number of amides is 1. The second-order valence-electron chi connectivity index (χ2n) is 11.1. The van der Waals surface area contributed by atoms with Crippen molar-refractivity contribution in [1.82, 2.24) is 4.90 Å². The standard InChI is InChI=1S/C36H36F3N3O3/c1-2-24-45-35(44)33(26-8-4-3-5-9-26)42-22-20-30(21-23-42)40-28-16-18-29(19-17-28)41-34(43)32-11-7-6-10-31(32)25-12-14-27(15-13-25)36(37,38)39/h3-19,30,33,40H,2,20-24H2,1H3,(H,41,43). The van der Waals surface area contributed by atoms with E-state index in [-0.39, 0.29) is 17.9 Å². The van der Waals surface area contributed by atoms with E-state index >= 15 is 0 Å². The Morgan fingerprint density at radius 2 is 1.47 bits per heavy atom. The van der Waals surface area contributed by atoms with E-state index in [0.717, 1.165) is 55.7 Å². The van der Waals surface area contributed by atoms with Gasteiger partial charge in [-0.1, -0.05) is 67.6 Å². The molecule has 1 aliphatic heterocycles. The predicted molar refractivity (Wildman–Crippen MR) is 170 cm³/mol. The summed E-state index contributed by atoms with van der Waals surface area (Å²) in [6.45, 7) is 3.87. The van der Waals surface area contributed by atoms with Gasteiger partial charge in [0.15, 0.2) is 0 Å². The molecule has 1 unspecified atom stereocenters. The van der Waals surface area contributed by atoms with Gasteiger partial charge in [0.25, 0.3) is 5.91 Å². The summed E-state index contributed by atoms with van der Waals surface area (Å²) in [5.41, 5.74) is 3.13. The van der Waals surface area contributed by atoms with E-state index in [1.807, 2.05) is 61.5 Å². The largest absolute Gasteiger partial charge is 0.464 e. The minimum atomic E-state index is -4.43. The van der Waals surface area contributed by atoms with Crippen molar-refractivity contribution >= 4 is 23.3 Å². The van der Waals surface area contributed by atoms with Crippen molar-refractivity contribution in [1.29, 1.82) is 0 Å². The fraction of sp³-hybridized carbons (Fsp3) is 0.278. The van der Waals surface area contributed by atoms with E-state index in [1.54, 1.807) is 24.3 Å². The molecule has 45 heavy (non-hydrogen) atoms. The number of hydrogen-bond acceptors (Lipinski definition) is 5. The molecule has 5 rings (SSSR count). The van der Waals surface area contributed by atoms with Crippen molar-refractivity contribution in [2.24, 2.45) is 0 Å².